The van der Waals surface area contributed by atoms with Gasteiger partial charge in [0.2, 0.25) is 5.89 Å². The lowest BCUT2D eigenvalue weighted by atomic mass is 9.52. The summed E-state index contributed by atoms with van der Waals surface area (Å²) < 4.78 is 6.38. The summed E-state index contributed by atoms with van der Waals surface area (Å²) in [4.78, 5) is 7.55. The lowest BCUT2D eigenvalue weighted by Crippen LogP contribution is -2.58. The number of oxazole rings is 1. The maximum Gasteiger partial charge on any atom is 0.227 e. The fourth-order valence-corrected chi connectivity index (χ4v) is 9.14. The number of anilines is 2. The zero-order chi connectivity index (χ0) is 29.1. The molecule has 4 fully saturated rings. The molecule has 0 aliphatic heterocycles. The van der Waals surface area contributed by atoms with Gasteiger partial charge in [-0.2, -0.15) is 0 Å². The minimum absolute atomic E-state index is 0.195. The average molecular weight is 573 g/mol. The summed E-state index contributed by atoms with van der Waals surface area (Å²) in [5.41, 5.74) is 10.3. The van der Waals surface area contributed by atoms with Crippen molar-refractivity contribution >= 4 is 22.5 Å². The number of benzene rings is 5. The van der Waals surface area contributed by atoms with Crippen molar-refractivity contribution in [3.63, 3.8) is 0 Å². The van der Waals surface area contributed by atoms with E-state index in [1.54, 1.807) is 0 Å². The summed E-state index contributed by atoms with van der Waals surface area (Å²) in [6.45, 7) is 0. The number of nitrogens with zero attached hydrogens (tertiary/aromatic N) is 2. The number of aromatic nitrogens is 1. The first-order valence-electron chi connectivity index (χ1n) is 16.2. The number of fused-ring (bicyclic) bond motifs is 1. The lowest BCUT2D eigenvalue weighted by Gasteiger charge is -2.61. The molecule has 0 unspecified atom stereocenters. The largest absolute Gasteiger partial charge is 0.435 e. The Labute approximate surface area is 259 Å². The Morgan fingerprint density at radius 3 is 1.64 bits per heavy atom. The molecular weight excluding hydrogens is 536 g/mol. The Balaban J connectivity index is 1.11. The van der Waals surface area contributed by atoms with Crippen molar-refractivity contribution in [1.29, 1.82) is 0 Å². The van der Waals surface area contributed by atoms with Crippen LogP contribution in [0.2, 0.25) is 0 Å². The third kappa shape index (κ3) is 4.37. The zero-order valence-electron chi connectivity index (χ0n) is 24.9. The third-order valence-corrected chi connectivity index (χ3v) is 10.6. The molecular formula is C41H36N2O. The SMILES string of the molecule is c1ccc(-c2ccc(N(c3ccc(-c4cccc5nc(-c6ccccc6)oc45)cc3)C34CC5CC(CC(C5)C3)C4)cc2)cc1. The van der Waals surface area contributed by atoms with Crippen molar-refractivity contribution in [2.24, 2.45) is 17.8 Å². The first-order chi connectivity index (χ1) is 21.7. The van der Waals surface area contributed by atoms with Gasteiger partial charge < -0.3 is 9.32 Å². The van der Waals surface area contributed by atoms with E-state index in [0.717, 1.165) is 45.5 Å². The van der Waals surface area contributed by atoms with E-state index in [4.69, 9.17) is 9.40 Å². The van der Waals surface area contributed by atoms with E-state index in [2.05, 4.69) is 95.9 Å². The molecule has 3 nitrogen and oxygen atoms in total. The second-order valence-corrected chi connectivity index (χ2v) is 13.5. The smallest absolute Gasteiger partial charge is 0.227 e. The van der Waals surface area contributed by atoms with E-state index in [0.29, 0.717) is 5.89 Å². The van der Waals surface area contributed by atoms with Crippen LogP contribution in [0, 0.1) is 17.8 Å². The predicted octanol–water partition coefficient (Wildman–Crippen LogP) is 10.9. The Morgan fingerprint density at radius 1 is 0.523 bits per heavy atom. The second-order valence-electron chi connectivity index (χ2n) is 13.5. The molecule has 3 heteroatoms. The Kier molecular flexibility index (Phi) is 6.01. The van der Waals surface area contributed by atoms with Gasteiger partial charge in [-0.1, -0.05) is 84.9 Å². The monoisotopic (exact) mass is 572 g/mol. The van der Waals surface area contributed by atoms with Gasteiger partial charge in [-0.25, -0.2) is 4.98 Å². The highest BCUT2D eigenvalue weighted by molar-refractivity contribution is 5.92. The van der Waals surface area contributed by atoms with E-state index in [1.165, 1.54) is 61.0 Å². The van der Waals surface area contributed by atoms with Crippen LogP contribution >= 0.6 is 0 Å². The highest BCUT2D eigenvalue weighted by Crippen LogP contribution is 2.60. The number of para-hydroxylation sites is 1. The van der Waals surface area contributed by atoms with E-state index in [-0.39, 0.29) is 5.54 Å². The van der Waals surface area contributed by atoms with Crippen LogP contribution in [0.3, 0.4) is 0 Å². The molecule has 0 saturated heterocycles. The molecule has 0 N–H and O–H groups in total. The van der Waals surface area contributed by atoms with Gasteiger partial charge in [0.25, 0.3) is 0 Å². The Morgan fingerprint density at radius 2 is 1.05 bits per heavy atom. The summed E-state index contributed by atoms with van der Waals surface area (Å²) in [6.07, 6.45) is 8.23. The molecule has 0 amide bonds. The second kappa shape index (κ2) is 10.2. The van der Waals surface area contributed by atoms with Gasteiger partial charge >= 0.3 is 0 Å². The predicted molar refractivity (Wildman–Crippen MR) is 180 cm³/mol. The van der Waals surface area contributed by atoms with Gasteiger partial charge in [-0.3, -0.25) is 0 Å². The number of hydrogen-bond acceptors (Lipinski definition) is 3. The van der Waals surface area contributed by atoms with E-state index >= 15 is 0 Å². The molecule has 4 aliphatic carbocycles. The lowest BCUT2D eigenvalue weighted by molar-refractivity contribution is 0.000557. The van der Waals surface area contributed by atoms with Crippen molar-refractivity contribution in [2.45, 2.75) is 44.1 Å². The van der Waals surface area contributed by atoms with Gasteiger partial charge in [0.1, 0.15) is 5.52 Å². The zero-order valence-corrected chi connectivity index (χ0v) is 24.9. The molecule has 4 aliphatic rings. The first-order valence-corrected chi connectivity index (χ1v) is 16.2. The van der Waals surface area contributed by atoms with Crippen LogP contribution < -0.4 is 4.90 Å². The van der Waals surface area contributed by atoms with Crippen molar-refractivity contribution in [3.05, 3.63) is 127 Å². The van der Waals surface area contributed by atoms with Crippen LogP contribution in [0.1, 0.15) is 38.5 Å². The molecule has 1 heterocycles. The van der Waals surface area contributed by atoms with Gasteiger partial charge in [-0.05, 0) is 115 Å². The van der Waals surface area contributed by atoms with Crippen molar-refractivity contribution in [3.8, 4) is 33.7 Å². The molecule has 10 rings (SSSR count). The summed E-state index contributed by atoms with van der Waals surface area (Å²) in [7, 11) is 0. The van der Waals surface area contributed by atoms with E-state index in [1.807, 2.05) is 36.4 Å². The van der Waals surface area contributed by atoms with Gasteiger partial charge in [0, 0.05) is 28.0 Å². The molecule has 4 saturated carbocycles. The van der Waals surface area contributed by atoms with Crippen molar-refractivity contribution in [2.75, 3.05) is 4.90 Å². The third-order valence-electron chi connectivity index (χ3n) is 10.6. The van der Waals surface area contributed by atoms with Crippen LogP contribution in [0.25, 0.3) is 44.8 Å². The van der Waals surface area contributed by atoms with Crippen molar-refractivity contribution < 1.29 is 4.42 Å². The molecule has 6 aromatic rings. The van der Waals surface area contributed by atoms with E-state index < -0.39 is 0 Å². The first kappa shape index (κ1) is 25.8. The minimum Gasteiger partial charge on any atom is -0.435 e. The van der Waals surface area contributed by atoms with Crippen LogP contribution in [0.15, 0.2) is 132 Å². The highest BCUT2D eigenvalue weighted by Gasteiger charge is 2.54. The minimum atomic E-state index is 0.195. The molecule has 44 heavy (non-hydrogen) atoms. The van der Waals surface area contributed by atoms with E-state index in [9.17, 15) is 0 Å². The van der Waals surface area contributed by atoms with Gasteiger partial charge in [0.05, 0.1) is 0 Å². The van der Waals surface area contributed by atoms with Crippen LogP contribution in [-0.2, 0) is 0 Å². The molecule has 0 spiro atoms. The summed E-state index contributed by atoms with van der Waals surface area (Å²) in [5.74, 6) is 3.27. The molecule has 0 radical (unpaired) electrons. The van der Waals surface area contributed by atoms with Crippen LogP contribution in [0.5, 0.6) is 0 Å². The molecule has 4 bridgehead atoms. The Hall–Kier alpha value is -4.63. The molecule has 0 atom stereocenters. The maximum absolute atomic E-state index is 6.38. The summed E-state index contributed by atoms with van der Waals surface area (Å²) >= 11 is 0. The highest BCUT2D eigenvalue weighted by atomic mass is 16.3. The van der Waals surface area contributed by atoms with Crippen LogP contribution in [-0.4, -0.2) is 10.5 Å². The van der Waals surface area contributed by atoms with Crippen LogP contribution in [0.4, 0.5) is 11.4 Å². The molecule has 216 valence electrons. The fourth-order valence-electron chi connectivity index (χ4n) is 9.14. The topological polar surface area (TPSA) is 29.3 Å². The van der Waals surface area contributed by atoms with Crippen molar-refractivity contribution in [1.82, 2.24) is 4.98 Å². The average Bonchev–Trinajstić information content (AvgIpc) is 3.51. The summed E-state index contributed by atoms with van der Waals surface area (Å²) in [5, 5.41) is 0. The van der Waals surface area contributed by atoms with Gasteiger partial charge in [0.15, 0.2) is 5.58 Å². The molecule has 5 aromatic carbocycles. The number of rotatable bonds is 6. The Bertz CT molecular complexity index is 1890. The quantitative estimate of drug-likeness (QED) is 0.199. The number of hydrogen-bond donors (Lipinski definition) is 0. The maximum atomic E-state index is 6.38. The van der Waals surface area contributed by atoms with Gasteiger partial charge in [-0.15, -0.1) is 0 Å². The fraction of sp³-hybridized carbons (Fsp3) is 0.244. The standard InChI is InChI=1S/C41H36N2O/c1-3-8-31(9-4-1)32-14-18-35(19-15-32)43(41-25-28-22-29(26-41)24-30(23-28)27-41)36-20-16-33(17-21-36)37-12-7-13-38-39(37)44-40(42-38)34-10-5-2-6-11-34/h1-21,28-30H,22-27H2. The normalized spacial score (nSPS) is 23.7. The summed E-state index contributed by atoms with van der Waals surface area (Å²) in [6, 6.07) is 45.7. The molecule has 1 aromatic heterocycles.